The smallest absolute Gasteiger partial charge is 0.119 e. The number of hydrogen-bond donors (Lipinski definition) is 1. The molecule has 1 rings (SSSR count). The van der Waals surface area contributed by atoms with Crippen molar-refractivity contribution in [3.05, 3.63) is 35.9 Å². The molecule has 0 aliphatic carbocycles. The van der Waals surface area contributed by atoms with Gasteiger partial charge < -0.3 is 9.84 Å². The summed E-state index contributed by atoms with van der Waals surface area (Å²) in [5.41, 5.74) is 2.18. The number of hydrogen-bond acceptors (Lipinski definition) is 2. The van der Waals surface area contributed by atoms with Crippen molar-refractivity contribution < 1.29 is 9.84 Å². The third-order valence-electron chi connectivity index (χ3n) is 2.17. The molecule has 1 aromatic rings. The predicted octanol–water partition coefficient (Wildman–Crippen LogP) is 3.26. The summed E-state index contributed by atoms with van der Waals surface area (Å²) in [7, 11) is 0. The Labute approximate surface area is 97.6 Å². The predicted molar refractivity (Wildman–Crippen MR) is 67.5 cm³/mol. The third-order valence-corrected chi connectivity index (χ3v) is 2.17. The molecule has 0 saturated carbocycles. The Morgan fingerprint density at radius 2 is 1.75 bits per heavy atom. The molecule has 0 saturated heterocycles. The SMILES string of the molecule is C/C(=C\C(C)O)c1ccc(OC(C)C)cc1. The van der Waals surface area contributed by atoms with E-state index in [-0.39, 0.29) is 6.10 Å². The normalized spacial score (nSPS) is 14.0. The molecule has 0 fully saturated rings. The summed E-state index contributed by atoms with van der Waals surface area (Å²) in [5, 5.41) is 9.26. The van der Waals surface area contributed by atoms with Crippen molar-refractivity contribution in [1.82, 2.24) is 0 Å². The van der Waals surface area contributed by atoms with Gasteiger partial charge in [-0.25, -0.2) is 0 Å². The molecule has 0 aliphatic heterocycles. The van der Waals surface area contributed by atoms with Crippen LogP contribution in [0.15, 0.2) is 30.3 Å². The van der Waals surface area contributed by atoms with E-state index in [1.807, 2.05) is 51.1 Å². The van der Waals surface area contributed by atoms with Crippen LogP contribution in [0.2, 0.25) is 0 Å². The Morgan fingerprint density at radius 1 is 1.19 bits per heavy atom. The van der Waals surface area contributed by atoms with Crippen molar-refractivity contribution >= 4 is 5.57 Å². The van der Waals surface area contributed by atoms with Gasteiger partial charge in [0.05, 0.1) is 12.2 Å². The van der Waals surface area contributed by atoms with Gasteiger partial charge in [-0.3, -0.25) is 0 Å². The van der Waals surface area contributed by atoms with Crippen molar-refractivity contribution in [3.63, 3.8) is 0 Å². The minimum atomic E-state index is -0.411. The topological polar surface area (TPSA) is 29.5 Å². The van der Waals surface area contributed by atoms with Gasteiger partial charge in [0.15, 0.2) is 0 Å². The monoisotopic (exact) mass is 220 g/mol. The zero-order chi connectivity index (χ0) is 12.1. The molecule has 1 N–H and O–H groups in total. The lowest BCUT2D eigenvalue weighted by molar-refractivity contribution is 0.242. The van der Waals surface area contributed by atoms with Gasteiger partial charge in [-0.2, -0.15) is 0 Å². The van der Waals surface area contributed by atoms with Crippen LogP contribution in [0.1, 0.15) is 33.3 Å². The summed E-state index contributed by atoms with van der Waals surface area (Å²) in [6.45, 7) is 7.75. The van der Waals surface area contributed by atoms with Crippen LogP contribution in [-0.4, -0.2) is 17.3 Å². The fourth-order valence-electron chi connectivity index (χ4n) is 1.53. The number of aliphatic hydroxyl groups is 1. The number of ether oxygens (including phenoxy) is 1. The molecule has 16 heavy (non-hydrogen) atoms. The van der Waals surface area contributed by atoms with Gasteiger partial charge in [-0.1, -0.05) is 18.2 Å². The van der Waals surface area contributed by atoms with E-state index in [1.54, 1.807) is 6.92 Å². The molecule has 1 atom stereocenters. The number of aliphatic hydroxyl groups excluding tert-OH is 1. The Morgan fingerprint density at radius 3 is 2.19 bits per heavy atom. The highest BCUT2D eigenvalue weighted by Crippen LogP contribution is 2.19. The second-order valence-corrected chi connectivity index (χ2v) is 4.28. The lowest BCUT2D eigenvalue weighted by Gasteiger charge is -2.10. The molecular weight excluding hydrogens is 200 g/mol. The van der Waals surface area contributed by atoms with E-state index in [0.29, 0.717) is 0 Å². The molecule has 0 aromatic heterocycles. The molecule has 1 unspecified atom stereocenters. The average molecular weight is 220 g/mol. The van der Waals surface area contributed by atoms with Gasteiger partial charge in [-0.15, -0.1) is 0 Å². The zero-order valence-electron chi connectivity index (χ0n) is 10.4. The highest BCUT2D eigenvalue weighted by atomic mass is 16.5. The highest BCUT2D eigenvalue weighted by Gasteiger charge is 2.00. The first-order chi connectivity index (χ1) is 7.49. The van der Waals surface area contributed by atoms with Crippen LogP contribution >= 0.6 is 0 Å². The standard InChI is InChI=1S/C14H20O2/c1-10(2)16-14-7-5-13(6-8-14)11(3)9-12(4)15/h5-10,12,15H,1-4H3/b11-9+. The van der Waals surface area contributed by atoms with E-state index in [0.717, 1.165) is 16.9 Å². The molecule has 0 aliphatic rings. The lowest BCUT2D eigenvalue weighted by Crippen LogP contribution is -2.05. The number of benzene rings is 1. The van der Waals surface area contributed by atoms with Crippen molar-refractivity contribution in [2.24, 2.45) is 0 Å². The van der Waals surface area contributed by atoms with E-state index >= 15 is 0 Å². The number of rotatable bonds is 4. The van der Waals surface area contributed by atoms with Crippen LogP contribution in [-0.2, 0) is 0 Å². The summed E-state index contributed by atoms with van der Waals surface area (Å²) >= 11 is 0. The van der Waals surface area contributed by atoms with E-state index in [4.69, 9.17) is 4.74 Å². The first-order valence-corrected chi connectivity index (χ1v) is 5.62. The summed E-state index contributed by atoms with van der Waals surface area (Å²) in [4.78, 5) is 0. The Bertz CT molecular complexity index is 348. The van der Waals surface area contributed by atoms with Crippen LogP contribution in [0.25, 0.3) is 5.57 Å². The second-order valence-electron chi connectivity index (χ2n) is 4.28. The van der Waals surface area contributed by atoms with Gasteiger partial charge >= 0.3 is 0 Å². The maximum Gasteiger partial charge on any atom is 0.119 e. The molecular formula is C14H20O2. The zero-order valence-corrected chi connectivity index (χ0v) is 10.4. The van der Waals surface area contributed by atoms with E-state index in [2.05, 4.69) is 0 Å². The number of allylic oxidation sites excluding steroid dienone is 1. The van der Waals surface area contributed by atoms with Gasteiger partial charge in [0.2, 0.25) is 0 Å². The molecule has 0 spiro atoms. The van der Waals surface area contributed by atoms with Crippen molar-refractivity contribution in [2.75, 3.05) is 0 Å². The first kappa shape index (κ1) is 12.8. The van der Waals surface area contributed by atoms with Gasteiger partial charge in [0.1, 0.15) is 5.75 Å². The van der Waals surface area contributed by atoms with Crippen LogP contribution in [0, 0.1) is 0 Å². The molecule has 0 heterocycles. The van der Waals surface area contributed by atoms with Crippen LogP contribution < -0.4 is 4.74 Å². The van der Waals surface area contributed by atoms with Crippen molar-refractivity contribution in [1.29, 1.82) is 0 Å². The second kappa shape index (κ2) is 5.71. The third kappa shape index (κ3) is 4.07. The van der Waals surface area contributed by atoms with Gasteiger partial charge in [-0.05, 0) is 51.0 Å². The molecule has 2 heteroatoms. The minimum Gasteiger partial charge on any atom is -0.491 e. The Kier molecular flexibility index (Phi) is 4.56. The largest absolute Gasteiger partial charge is 0.491 e. The molecule has 0 radical (unpaired) electrons. The molecule has 2 nitrogen and oxygen atoms in total. The fraction of sp³-hybridized carbons (Fsp3) is 0.429. The van der Waals surface area contributed by atoms with E-state index in [1.165, 1.54) is 0 Å². The fourth-order valence-corrected chi connectivity index (χ4v) is 1.53. The molecule has 0 amide bonds. The molecule has 0 bridgehead atoms. The van der Waals surface area contributed by atoms with Crippen LogP contribution in [0.3, 0.4) is 0 Å². The van der Waals surface area contributed by atoms with E-state index in [9.17, 15) is 5.11 Å². The highest BCUT2D eigenvalue weighted by molar-refractivity contribution is 5.64. The summed E-state index contributed by atoms with van der Waals surface area (Å²) in [6.07, 6.45) is 1.62. The summed E-state index contributed by atoms with van der Waals surface area (Å²) in [5.74, 6) is 0.878. The summed E-state index contributed by atoms with van der Waals surface area (Å²) < 4.78 is 5.56. The van der Waals surface area contributed by atoms with Gasteiger partial charge in [0, 0.05) is 0 Å². The first-order valence-electron chi connectivity index (χ1n) is 5.62. The molecule has 88 valence electrons. The molecule has 1 aromatic carbocycles. The van der Waals surface area contributed by atoms with Gasteiger partial charge in [0.25, 0.3) is 0 Å². The Hall–Kier alpha value is -1.28. The average Bonchev–Trinajstić information content (AvgIpc) is 2.16. The van der Waals surface area contributed by atoms with Crippen LogP contribution in [0.4, 0.5) is 0 Å². The Balaban J connectivity index is 2.78. The maximum absolute atomic E-state index is 9.26. The van der Waals surface area contributed by atoms with E-state index < -0.39 is 6.10 Å². The van der Waals surface area contributed by atoms with Crippen LogP contribution in [0.5, 0.6) is 5.75 Å². The summed E-state index contributed by atoms with van der Waals surface area (Å²) in [6, 6.07) is 7.92. The minimum absolute atomic E-state index is 0.194. The lowest BCUT2D eigenvalue weighted by atomic mass is 10.1. The van der Waals surface area contributed by atoms with Crippen molar-refractivity contribution in [2.45, 2.75) is 39.9 Å². The maximum atomic E-state index is 9.26. The van der Waals surface area contributed by atoms with Crippen molar-refractivity contribution in [3.8, 4) is 5.75 Å². The quantitative estimate of drug-likeness (QED) is 0.844.